The number of aromatic nitrogens is 3. The fourth-order valence-corrected chi connectivity index (χ4v) is 4.54. The topological polar surface area (TPSA) is 79.9 Å². The molecule has 2 aliphatic carbocycles. The molecule has 0 unspecified atom stereocenters. The van der Waals surface area contributed by atoms with Crippen LogP contribution in [-0.4, -0.2) is 32.9 Å². The predicted molar refractivity (Wildman–Crippen MR) is 95.2 cm³/mol. The van der Waals surface area contributed by atoms with Crippen molar-refractivity contribution in [3.05, 3.63) is 35.9 Å². The van der Waals surface area contributed by atoms with Crippen molar-refractivity contribution in [2.24, 2.45) is 11.8 Å². The van der Waals surface area contributed by atoms with Crippen LogP contribution in [0.2, 0.25) is 0 Å². The van der Waals surface area contributed by atoms with E-state index in [1.807, 2.05) is 0 Å². The molecule has 8 heteroatoms. The first-order valence-corrected chi connectivity index (χ1v) is 9.86. The van der Waals surface area contributed by atoms with Crippen LogP contribution in [-0.2, 0) is 11.4 Å². The predicted octanol–water partition coefficient (Wildman–Crippen LogP) is 2.92. The van der Waals surface area contributed by atoms with E-state index in [2.05, 4.69) is 20.5 Å². The number of H-pyrrole nitrogens is 1. The molecule has 6 nitrogen and oxygen atoms in total. The number of thioether (sulfide) groups is 1. The van der Waals surface area contributed by atoms with E-state index in [4.69, 9.17) is 4.74 Å². The summed E-state index contributed by atoms with van der Waals surface area (Å²) in [4.78, 5) is 16.4. The summed E-state index contributed by atoms with van der Waals surface area (Å²) in [6.07, 6.45) is 4.96. The average molecular weight is 376 g/mol. The smallest absolute Gasteiger partial charge is 0.230 e. The van der Waals surface area contributed by atoms with Gasteiger partial charge >= 0.3 is 0 Å². The van der Waals surface area contributed by atoms with Gasteiger partial charge in [0.2, 0.25) is 11.1 Å². The molecule has 138 valence electrons. The highest BCUT2D eigenvalue weighted by Crippen LogP contribution is 2.44. The van der Waals surface area contributed by atoms with Crippen LogP contribution in [0.15, 0.2) is 29.4 Å². The molecule has 1 heterocycles. The SMILES string of the molecule is O=C(CSc1n[nH]c(COc2ccccc2F)n1)N[C@H]1C[C@H]2CC[C@H]1C2. The van der Waals surface area contributed by atoms with Gasteiger partial charge in [-0.25, -0.2) is 9.37 Å². The molecule has 2 N–H and O–H groups in total. The van der Waals surface area contributed by atoms with E-state index in [9.17, 15) is 9.18 Å². The van der Waals surface area contributed by atoms with E-state index >= 15 is 0 Å². The number of ether oxygens (including phenoxy) is 1. The number of nitrogens with zero attached hydrogens (tertiary/aromatic N) is 2. The number of para-hydroxylation sites is 1. The third kappa shape index (κ3) is 4.00. The summed E-state index contributed by atoms with van der Waals surface area (Å²) in [5.74, 6) is 2.04. The second kappa shape index (κ2) is 7.65. The number of benzene rings is 1. The Kier molecular flexibility index (Phi) is 5.10. The van der Waals surface area contributed by atoms with Gasteiger partial charge < -0.3 is 10.1 Å². The number of amides is 1. The Labute approximate surface area is 155 Å². The quantitative estimate of drug-likeness (QED) is 0.727. The fraction of sp³-hybridized carbons (Fsp3) is 0.500. The molecule has 2 aromatic rings. The summed E-state index contributed by atoms with van der Waals surface area (Å²) in [7, 11) is 0. The van der Waals surface area contributed by atoms with Crippen molar-refractivity contribution in [2.75, 3.05) is 5.75 Å². The highest BCUT2D eigenvalue weighted by atomic mass is 32.2. The van der Waals surface area contributed by atoms with Gasteiger partial charge in [-0.15, -0.1) is 5.10 Å². The fourth-order valence-electron chi connectivity index (χ4n) is 3.91. The monoisotopic (exact) mass is 376 g/mol. The maximum atomic E-state index is 13.5. The number of halogens is 1. The van der Waals surface area contributed by atoms with Crippen LogP contribution in [0.3, 0.4) is 0 Å². The molecule has 1 aromatic carbocycles. The molecule has 2 fully saturated rings. The van der Waals surface area contributed by atoms with Crippen molar-refractivity contribution in [1.82, 2.24) is 20.5 Å². The molecule has 0 aliphatic heterocycles. The first kappa shape index (κ1) is 17.3. The summed E-state index contributed by atoms with van der Waals surface area (Å²) in [5.41, 5.74) is 0. The van der Waals surface area contributed by atoms with Gasteiger partial charge in [-0.3, -0.25) is 9.89 Å². The minimum Gasteiger partial charge on any atom is -0.483 e. The van der Waals surface area contributed by atoms with E-state index < -0.39 is 5.82 Å². The molecular formula is C18H21FN4O2S. The molecule has 0 spiro atoms. The zero-order valence-corrected chi connectivity index (χ0v) is 15.1. The Morgan fingerprint density at radius 1 is 1.35 bits per heavy atom. The average Bonchev–Trinajstić information content (AvgIpc) is 3.36. The minimum absolute atomic E-state index is 0.0292. The van der Waals surface area contributed by atoms with Crippen molar-refractivity contribution in [2.45, 2.75) is 43.5 Å². The first-order chi connectivity index (χ1) is 12.7. The molecule has 0 radical (unpaired) electrons. The normalized spacial score (nSPS) is 24.0. The lowest BCUT2D eigenvalue weighted by Gasteiger charge is -2.22. The molecule has 1 amide bonds. The third-order valence-electron chi connectivity index (χ3n) is 5.13. The van der Waals surface area contributed by atoms with Gasteiger partial charge in [-0.1, -0.05) is 30.3 Å². The number of rotatable bonds is 7. The maximum Gasteiger partial charge on any atom is 0.230 e. The highest BCUT2D eigenvalue weighted by Gasteiger charge is 2.39. The van der Waals surface area contributed by atoms with Gasteiger partial charge in [0, 0.05) is 6.04 Å². The van der Waals surface area contributed by atoms with Gasteiger partial charge in [0.15, 0.2) is 17.4 Å². The summed E-state index contributed by atoms with van der Waals surface area (Å²) in [6.45, 7) is 0.0891. The Morgan fingerprint density at radius 2 is 2.23 bits per heavy atom. The lowest BCUT2D eigenvalue weighted by molar-refractivity contribution is -0.119. The number of aromatic amines is 1. The second-order valence-corrected chi connectivity index (χ2v) is 7.86. The van der Waals surface area contributed by atoms with E-state index in [1.165, 1.54) is 37.1 Å². The molecule has 2 aliphatic rings. The first-order valence-electron chi connectivity index (χ1n) is 8.88. The van der Waals surface area contributed by atoms with Gasteiger partial charge in [-0.05, 0) is 43.2 Å². The van der Waals surface area contributed by atoms with Crippen LogP contribution in [0, 0.1) is 17.7 Å². The van der Waals surface area contributed by atoms with Crippen molar-refractivity contribution >= 4 is 17.7 Å². The largest absolute Gasteiger partial charge is 0.483 e. The van der Waals surface area contributed by atoms with E-state index in [0.29, 0.717) is 28.7 Å². The molecule has 26 heavy (non-hydrogen) atoms. The van der Waals surface area contributed by atoms with Gasteiger partial charge in [0.25, 0.3) is 0 Å². The van der Waals surface area contributed by atoms with Crippen molar-refractivity contribution in [3.63, 3.8) is 0 Å². The highest BCUT2D eigenvalue weighted by molar-refractivity contribution is 7.99. The number of nitrogens with one attached hydrogen (secondary N) is 2. The summed E-state index contributed by atoms with van der Waals surface area (Å²) in [6, 6.07) is 6.55. The number of hydrogen-bond donors (Lipinski definition) is 2. The maximum absolute atomic E-state index is 13.5. The number of fused-ring (bicyclic) bond motifs is 2. The molecular weight excluding hydrogens is 355 g/mol. The van der Waals surface area contributed by atoms with E-state index in [1.54, 1.807) is 18.2 Å². The van der Waals surface area contributed by atoms with Crippen LogP contribution >= 0.6 is 11.8 Å². The van der Waals surface area contributed by atoms with Crippen molar-refractivity contribution in [3.8, 4) is 5.75 Å². The lowest BCUT2D eigenvalue weighted by atomic mass is 9.95. The van der Waals surface area contributed by atoms with Gasteiger partial charge in [-0.2, -0.15) is 0 Å². The van der Waals surface area contributed by atoms with Crippen LogP contribution in [0.5, 0.6) is 5.75 Å². The number of hydrogen-bond acceptors (Lipinski definition) is 5. The molecule has 2 saturated carbocycles. The van der Waals surface area contributed by atoms with Gasteiger partial charge in [0.05, 0.1) is 5.75 Å². The van der Waals surface area contributed by atoms with Crippen LogP contribution in [0.4, 0.5) is 4.39 Å². The Morgan fingerprint density at radius 3 is 3.00 bits per heavy atom. The Balaban J connectivity index is 1.22. The Hall–Kier alpha value is -2.09. The standard InChI is InChI=1S/C18H21FN4O2S/c19-13-3-1-2-4-15(13)25-9-16-21-18(23-22-16)26-10-17(24)20-14-8-11-5-6-12(14)7-11/h1-4,11-12,14H,5-10H2,(H,20,24)(H,21,22,23)/t11-,12-,14-/m0/s1. The molecule has 4 rings (SSSR count). The van der Waals surface area contributed by atoms with Gasteiger partial charge in [0.1, 0.15) is 6.61 Å². The molecule has 0 saturated heterocycles. The number of carbonyl (C=O) groups excluding carboxylic acids is 1. The summed E-state index contributed by atoms with van der Waals surface area (Å²) >= 11 is 1.28. The Bertz CT molecular complexity index is 784. The second-order valence-electron chi connectivity index (χ2n) is 6.92. The van der Waals surface area contributed by atoms with E-state index in [-0.39, 0.29) is 18.3 Å². The van der Waals surface area contributed by atoms with Crippen molar-refractivity contribution in [1.29, 1.82) is 0 Å². The summed E-state index contributed by atoms with van der Waals surface area (Å²) < 4.78 is 18.9. The van der Waals surface area contributed by atoms with Crippen LogP contribution < -0.4 is 10.1 Å². The zero-order valence-electron chi connectivity index (χ0n) is 14.3. The van der Waals surface area contributed by atoms with E-state index in [0.717, 1.165) is 12.3 Å². The van der Waals surface area contributed by atoms with Crippen LogP contribution in [0.25, 0.3) is 0 Å². The molecule has 1 aromatic heterocycles. The van der Waals surface area contributed by atoms with Crippen molar-refractivity contribution < 1.29 is 13.9 Å². The third-order valence-corrected chi connectivity index (χ3v) is 5.98. The lowest BCUT2D eigenvalue weighted by Crippen LogP contribution is -2.39. The molecule has 2 bridgehead atoms. The number of carbonyl (C=O) groups is 1. The zero-order chi connectivity index (χ0) is 17.9. The summed E-state index contributed by atoms with van der Waals surface area (Å²) in [5, 5.41) is 10.5. The molecule has 3 atom stereocenters. The minimum atomic E-state index is -0.418. The van der Waals surface area contributed by atoms with Crippen LogP contribution in [0.1, 0.15) is 31.5 Å².